The molecule has 0 radical (unpaired) electrons. The van der Waals surface area contributed by atoms with Gasteiger partial charge >= 0.3 is 0 Å². The molecule has 1 N–H and O–H groups in total. The van der Waals surface area contributed by atoms with Gasteiger partial charge in [-0.1, -0.05) is 6.07 Å². The first-order valence-electron chi connectivity index (χ1n) is 7.26. The highest BCUT2D eigenvalue weighted by Crippen LogP contribution is 2.25. The van der Waals surface area contributed by atoms with Gasteiger partial charge in [0.1, 0.15) is 0 Å². The van der Waals surface area contributed by atoms with Crippen molar-refractivity contribution in [3.8, 4) is 0 Å². The lowest BCUT2D eigenvalue weighted by atomic mass is 10.3. The van der Waals surface area contributed by atoms with E-state index in [-0.39, 0.29) is 18.2 Å². The number of hydrogen-bond acceptors (Lipinski definition) is 5. The Labute approximate surface area is 137 Å². The van der Waals surface area contributed by atoms with Crippen molar-refractivity contribution in [2.75, 3.05) is 18.0 Å². The van der Waals surface area contributed by atoms with E-state index >= 15 is 0 Å². The summed E-state index contributed by atoms with van der Waals surface area (Å²) in [7, 11) is 0. The highest BCUT2D eigenvalue weighted by atomic mass is 32.1. The minimum Gasteiger partial charge on any atom is -0.355 e. The zero-order chi connectivity index (χ0) is 15.4. The number of thiophene rings is 1. The number of aromatic nitrogens is 1. The van der Waals surface area contributed by atoms with E-state index in [9.17, 15) is 9.59 Å². The van der Waals surface area contributed by atoms with E-state index in [0.29, 0.717) is 18.1 Å². The van der Waals surface area contributed by atoms with Crippen LogP contribution in [0.5, 0.6) is 0 Å². The molecule has 22 heavy (non-hydrogen) atoms. The van der Waals surface area contributed by atoms with Crippen LogP contribution in [0.1, 0.15) is 23.4 Å². The molecule has 0 spiro atoms. The van der Waals surface area contributed by atoms with Gasteiger partial charge in [-0.05, 0) is 24.3 Å². The summed E-state index contributed by atoms with van der Waals surface area (Å²) in [5.74, 6) is 0.0995. The Bertz CT molecular complexity index is 652. The molecule has 3 rings (SSSR count). The fourth-order valence-corrected chi connectivity index (χ4v) is 3.94. The molecule has 0 aromatic carbocycles. The standard InChI is InChI=1S/C15H17N3O2S2/c19-13(16-6-5-12-3-2-8-21-12)9-11-10-22-15(17-11)18-7-1-4-14(18)20/h2-3,8,10H,1,4-7,9H2,(H,16,19). The maximum Gasteiger partial charge on any atom is 0.228 e. The van der Waals surface area contributed by atoms with Crippen molar-refractivity contribution in [1.82, 2.24) is 10.3 Å². The molecule has 0 atom stereocenters. The third-order valence-corrected chi connectivity index (χ3v) is 5.31. The van der Waals surface area contributed by atoms with Crippen LogP contribution in [-0.2, 0) is 22.4 Å². The first kappa shape index (κ1) is 15.2. The van der Waals surface area contributed by atoms with Gasteiger partial charge in [0, 0.05) is 29.8 Å². The van der Waals surface area contributed by atoms with E-state index in [2.05, 4.69) is 16.4 Å². The summed E-state index contributed by atoms with van der Waals surface area (Å²) >= 11 is 3.13. The number of rotatable bonds is 6. The Balaban J connectivity index is 1.47. The van der Waals surface area contributed by atoms with Gasteiger partial charge in [-0.3, -0.25) is 14.5 Å². The SMILES string of the molecule is O=C(Cc1csc(N2CCCC2=O)n1)NCCc1cccs1. The minimum absolute atomic E-state index is 0.0267. The van der Waals surface area contributed by atoms with Crippen LogP contribution >= 0.6 is 22.7 Å². The highest BCUT2D eigenvalue weighted by molar-refractivity contribution is 7.14. The van der Waals surface area contributed by atoms with Crippen LogP contribution in [-0.4, -0.2) is 29.9 Å². The van der Waals surface area contributed by atoms with E-state index in [1.54, 1.807) is 16.2 Å². The lowest BCUT2D eigenvalue weighted by Gasteiger charge is -2.10. The molecule has 2 aromatic rings. The summed E-state index contributed by atoms with van der Waals surface area (Å²) in [5.41, 5.74) is 0.730. The molecule has 0 bridgehead atoms. The molecule has 1 fully saturated rings. The summed E-state index contributed by atoms with van der Waals surface area (Å²) in [6, 6.07) is 4.08. The van der Waals surface area contributed by atoms with Gasteiger partial charge < -0.3 is 5.32 Å². The third-order valence-electron chi connectivity index (χ3n) is 3.46. The first-order valence-corrected chi connectivity index (χ1v) is 9.02. The average molecular weight is 335 g/mol. The van der Waals surface area contributed by atoms with Crippen LogP contribution in [0.2, 0.25) is 0 Å². The Morgan fingerprint density at radius 1 is 1.41 bits per heavy atom. The maximum atomic E-state index is 11.9. The smallest absolute Gasteiger partial charge is 0.228 e. The van der Waals surface area contributed by atoms with Gasteiger partial charge in [0.25, 0.3) is 0 Å². The summed E-state index contributed by atoms with van der Waals surface area (Å²) in [4.78, 5) is 31.0. The molecular formula is C15H17N3O2S2. The Hall–Kier alpha value is -1.73. The van der Waals surface area contributed by atoms with Gasteiger partial charge in [-0.25, -0.2) is 4.98 Å². The molecule has 2 aromatic heterocycles. The van der Waals surface area contributed by atoms with E-state index in [0.717, 1.165) is 25.1 Å². The fraction of sp³-hybridized carbons (Fsp3) is 0.400. The van der Waals surface area contributed by atoms with E-state index in [1.807, 2.05) is 16.8 Å². The van der Waals surface area contributed by atoms with E-state index in [1.165, 1.54) is 16.2 Å². The molecule has 1 aliphatic heterocycles. The molecule has 1 aliphatic rings. The number of anilines is 1. The van der Waals surface area contributed by atoms with Gasteiger partial charge in [-0.15, -0.1) is 22.7 Å². The van der Waals surface area contributed by atoms with Crippen LogP contribution in [0.3, 0.4) is 0 Å². The second-order valence-corrected chi connectivity index (χ2v) is 7.00. The Kier molecular flexibility index (Phi) is 4.84. The fourth-order valence-electron chi connectivity index (χ4n) is 2.36. The summed E-state index contributed by atoms with van der Waals surface area (Å²) in [6.45, 7) is 1.37. The van der Waals surface area contributed by atoms with Crippen molar-refractivity contribution < 1.29 is 9.59 Å². The molecule has 0 saturated carbocycles. The molecule has 7 heteroatoms. The van der Waals surface area contributed by atoms with Crippen molar-refractivity contribution >= 4 is 39.6 Å². The number of carbonyl (C=O) groups excluding carboxylic acids is 2. The number of thiazole rings is 1. The monoisotopic (exact) mass is 335 g/mol. The summed E-state index contributed by atoms with van der Waals surface area (Å²) in [6.07, 6.45) is 2.60. The van der Waals surface area contributed by atoms with Gasteiger partial charge in [0.15, 0.2) is 5.13 Å². The van der Waals surface area contributed by atoms with Crippen molar-refractivity contribution in [3.05, 3.63) is 33.5 Å². The molecule has 0 aliphatic carbocycles. The topological polar surface area (TPSA) is 62.3 Å². The number of nitrogens with one attached hydrogen (secondary N) is 1. The third kappa shape index (κ3) is 3.72. The molecule has 2 amide bonds. The van der Waals surface area contributed by atoms with E-state index < -0.39 is 0 Å². The molecule has 5 nitrogen and oxygen atoms in total. The lowest BCUT2D eigenvalue weighted by Crippen LogP contribution is -2.27. The predicted octanol–water partition coefficient (Wildman–Crippen LogP) is 2.23. The zero-order valence-electron chi connectivity index (χ0n) is 12.1. The second kappa shape index (κ2) is 7.02. The largest absolute Gasteiger partial charge is 0.355 e. The van der Waals surface area contributed by atoms with Gasteiger partial charge in [0.2, 0.25) is 11.8 Å². The number of amides is 2. The number of hydrogen-bond donors (Lipinski definition) is 1. The Morgan fingerprint density at radius 3 is 3.05 bits per heavy atom. The van der Waals surface area contributed by atoms with Crippen LogP contribution in [0.4, 0.5) is 5.13 Å². The van der Waals surface area contributed by atoms with E-state index in [4.69, 9.17) is 0 Å². The molecular weight excluding hydrogens is 318 g/mol. The first-order chi connectivity index (χ1) is 10.7. The summed E-state index contributed by atoms with van der Waals surface area (Å²) < 4.78 is 0. The van der Waals surface area contributed by atoms with Crippen molar-refractivity contribution in [3.63, 3.8) is 0 Å². The lowest BCUT2D eigenvalue weighted by molar-refractivity contribution is -0.120. The van der Waals surface area contributed by atoms with Crippen molar-refractivity contribution in [2.45, 2.75) is 25.7 Å². The maximum absolute atomic E-state index is 11.9. The molecule has 116 valence electrons. The molecule has 3 heterocycles. The normalized spacial score (nSPS) is 14.5. The van der Waals surface area contributed by atoms with Crippen LogP contribution in [0.15, 0.2) is 22.9 Å². The zero-order valence-corrected chi connectivity index (χ0v) is 13.7. The molecule has 0 unspecified atom stereocenters. The summed E-state index contributed by atoms with van der Waals surface area (Å²) in [5, 5.41) is 7.52. The van der Waals surface area contributed by atoms with Crippen LogP contribution < -0.4 is 10.2 Å². The number of carbonyl (C=O) groups is 2. The van der Waals surface area contributed by atoms with Crippen LogP contribution in [0, 0.1) is 0 Å². The quantitative estimate of drug-likeness (QED) is 0.880. The van der Waals surface area contributed by atoms with Crippen molar-refractivity contribution in [1.29, 1.82) is 0 Å². The van der Waals surface area contributed by atoms with Crippen molar-refractivity contribution in [2.24, 2.45) is 0 Å². The minimum atomic E-state index is -0.0267. The van der Waals surface area contributed by atoms with Crippen LogP contribution in [0.25, 0.3) is 0 Å². The Morgan fingerprint density at radius 2 is 2.32 bits per heavy atom. The second-order valence-electron chi connectivity index (χ2n) is 5.13. The van der Waals surface area contributed by atoms with Gasteiger partial charge in [-0.2, -0.15) is 0 Å². The number of nitrogens with zero attached hydrogens (tertiary/aromatic N) is 2. The van der Waals surface area contributed by atoms with Gasteiger partial charge in [0.05, 0.1) is 12.1 Å². The average Bonchev–Trinajstić information content (AvgIpc) is 3.20. The predicted molar refractivity (Wildman–Crippen MR) is 88.4 cm³/mol. The molecule has 1 saturated heterocycles. The highest BCUT2D eigenvalue weighted by Gasteiger charge is 2.24.